The Morgan fingerprint density at radius 2 is 2.05 bits per heavy atom. The standard InChI is InChI=1S/C17H27N5/c1-10-8-11(2)19-16-15(10)17(22-21-16)20-12(3)14-6-4-13(9-18)5-7-14/h8,12-14H,4-7,9,18H2,1-3H3,(H2,19,20,21,22)/t12-,13?,14?/m1/s1. The highest BCUT2D eigenvalue weighted by molar-refractivity contribution is 5.90. The Bertz CT molecular complexity index is 640. The van der Waals surface area contributed by atoms with Crippen molar-refractivity contribution in [1.29, 1.82) is 0 Å². The van der Waals surface area contributed by atoms with Crippen LogP contribution in [0.5, 0.6) is 0 Å². The minimum atomic E-state index is 0.422. The molecule has 2 aromatic heterocycles. The lowest BCUT2D eigenvalue weighted by molar-refractivity contribution is 0.261. The molecule has 1 fully saturated rings. The van der Waals surface area contributed by atoms with Gasteiger partial charge in [0.05, 0.1) is 5.39 Å². The van der Waals surface area contributed by atoms with Gasteiger partial charge in [0, 0.05) is 11.7 Å². The zero-order valence-corrected chi connectivity index (χ0v) is 13.8. The van der Waals surface area contributed by atoms with Gasteiger partial charge in [-0.05, 0) is 76.5 Å². The molecule has 0 aliphatic heterocycles. The molecule has 0 aromatic carbocycles. The molecule has 0 amide bonds. The molecule has 22 heavy (non-hydrogen) atoms. The van der Waals surface area contributed by atoms with Crippen molar-refractivity contribution in [2.75, 3.05) is 11.9 Å². The van der Waals surface area contributed by atoms with Crippen LogP contribution in [0.3, 0.4) is 0 Å². The average Bonchev–Trinajstić information content (AvgIpc) is 2.90. The summed E-state index contributed by atoms with van der Waals surface area (Å²) in [5.41, 5.74) is 8.90. The van der Waals surface area contributed by atoms with Crippen molar-refractivity contribution in [3.05, 3.63) is 17.3 Å². The molecular weight excluding hydrogens is 274 g/mol. The number of anilines is 1. The molecule has 1 aliphatic rings. The fourth-order valence-corrected chi connectivity index (χ4v) is 3.74. The van der Waals surface area contributed by atoms with Crippen LogP contribution in [-0.4, -0.2) is 27.8 Å². The molecule has 5 nitrogen and oxygen atoms in total. The van der Waals surface area contributed by atoms with Crippen LogP contribution >= 0.6 is 0 Å². The monoisotopic (exact) mass is 301 g/mol. The lowest BCUT2D eigenvalue weighted by Crippen LogP contribution is -2.31. The van der Waals surface area contributed by atoms with E-state index in [2.05, 4.69) is 40.4 Å². The third-order valence-corrected chi connectivity index (χ3v) is 5.15. The molecule has 3 rings (SSSR count). The Hall–Kier alpha value is -1.62. The third-order valence-electron chi connectivity index (χ3n) is 5.15. The van der Waals surface area contributed by atoms with Gasteiger partial charge in [0.25, 0.3) is 0 Å². The Balaban J connectivity index is 1.73. The van der Waals surface area contributed by atoms with Crippen molar-refractivity contribution >= 4 is 16.9 Å². The number of hydrogen-bond donors (Lipinski definition) is 3. The van der Waals surface area contributed by atoms with Gasteiger partial charge in [0.2, 0.25) is 0 Å². The van der Waals surface area contributed by atoms with Crippen molar-refractivity contribution in [3.63, 3.8) is 0 Å². The van der Waals surface area contributed by atoms with Gasteiger partial charge in [-0.1, -0.05) is 0 Å². The van der Waals surface area contributed by atoms with Crippen molar-refractivity contribution < 1.29 is 0 Å². The van der Waals surface area contributed by atoms with Crippen LogP contribution in [0.2, 0.25) is 0 Å². The molecule has 4 N–H and O–H groups in total. The first-order valence-electron chi connectivity index (χ1n) is 8.37. The lowest BCUT2D eigenvalue weighted by Gasteiger charge is -2.32. The van der Waals surface area contributed by atoms with E-state index in [0.717, 1.165) is 35.0 Å². The number of fused-ring (bicyclic) bond motifs is 1. The van der Waals surface area contributed by atoms with Gasteiger partial charge in [-0.3, -0.25) is 5.10 Å². The number of aromatic amines is 1. The predicted molar refractivity (Wildman–Crippen MR) is 90.9 cm³/mol. The number of H-pyrrole nitrogens is 1. The van der Waals surface area contributed by atoms with E-state index in [0.29, 0.717) is 12.0 Å². The van der Waals surface area contributed by atoms with E-state index in [1.165, 1.54) is 31.2 Å². The summed E-state index contributed by atoms with van der Waals surface area (Å²) in [6.07, 6.45) is 5.03. The summed E-state index contributed by atoms with van der Waals surface area (Å²) >= 11 is 0. The van der Waals surface area contributed by atoms with Crippen LogP contribution < -0.4 is 11.1 Å². The van der Waals surface area contributed by atoms with E-state index in [1.807, 2.05) is 6.92 Å². The molecule has 0 saturated heterocycles. The van der Waals surface area contributed by atoms with Crippen LogP contribution in [-0.2, 0) is 0 Å². The summed E-state index contributed by atoms with van der Waals surface area (Å²) in [6, 6.07) is 2.53. The maximum Gasteiger partial charge on any atom is 0.157 e. The molecule has 1 saturated carbocycles. The highest BCUT2D eigenvalue weighted by Crippen LogP contribution is 2.32. The number of aryl methyl sites for hydroxylation is 2. The molecule has 0 bridgehead atoms. The average molecular weight is 301 g/mol. The summed E-state index contributed by atoms with van der Waals surface area (Å²) in [5.74, 6) is 2.37. The van der Waals surface area contributed by atoms with E-state index in [9.17, 15) is 0 Å². The number of rotatable bonds is 4. The second-order valence-corrected chi connectivity index (χ2v) is 6.83. The van der Waals surface area contributed by atoms with E-state index < -0.39 is 0 Å². The van der Waals surface area contributed by atoms with Crippen LogP contribution in [0, 0.1) is 25.7 Å². The highest BCUT2D eigenvalue weighted by atomic mass is 15.2. The zero-order valence-electron chi connectivity index (χ0n) is 13.8. The first-order chi connectivity index (χ1) is 10.6. The van der Waals surface area contributed by atoms with Crippen molar-refractivity contribution in [3.8, 4) is 0 Å². The number of pyridine rings is 1. The molecule has 0 unspecified atom stereocenters. The normalized spacial score (nSPS) is 23.6. The second kappa shape index (κ2) is 6.24. The van der Waals surface area contributed by atoms with Gasteiger partial charge in [-0.15, -0.1) is 0 Å². The molecule has 0 spiro atoms. The Morgan fingerprint density at radius 1 is 1.32 bits per heavy atom. The Kier molecular flexibility index (Phi) is 4.34. The molecular formula is C17H27N5. The van der Waals surface area contributed by atoms with E-state index in [1.54, 1.807) is 0 Å². The zero-order chi connectivity index (χ0) is 15.7. The van der Waals surface area contributed by atoms with Crippen LogP contribution in [0.4, 0.5) is 5.82 Å². The minimum Gasteiger partial charge on any atom is -0.365 e. The van der Waals surface area contributed by atoms with Crippen molar-refractivity contribution in [2.45, 2.75) is 52.5 Å². The van der Waals surface area contributed by atoms with E-state index in [4.69, 9.17) is 5.73 Å². The maximum absolute atomic E-state index is 5.79. The molecule has 2 heterocycles. The van der Waals surface area contributed by atoms with Gasteiger partial charge < -0.3 is 11.1 Å². The fourth-order valence-electron chi connectivity index (χ4n) is 3.74. The van der Waals surface area contributed by atoms with Crippen LogP contribution in [0.15, 0.2) is 6.07 Å². The molecule has 1 aliphatic carbocycles. The Morgan fingerprint density at radius 3 is 2.73 bits per heavy atom. The van der Waals surface area contributed by atoms with Gasteiger partial charge >= 0.3 is 0 Å². The maximum atomic E-state index is 5.79. The van der Waals surface area contributed by atoms with E-state index in [-0.39, 0.29) is 0 Å². The first kappa shape index (κ1) is 15.3. The number of nitrogens with one attached hydrogen (secondary N) is 2. The number of hydrogen-bond acceptors (Lipinski definition) is 4. The minimum absolute atomic E-state index is 0.422. The van der Waals surface area contributed by atoms with Crippen LogP contribution in [0.25, 0.3) is 11.0 Å². The van der Waals surface area contributed by atoms with Gasteiger partial charge in [0.15, 0.2) is 11.5 Å². The summed E-state index contributed by atoms with van der Waals surface area (Å²) < 4.78 is 0. The largest absolute Gasteiger partial charge is 0.365 e. The summed E-state index contributed by atoms with van der Waals surface area (Å²) in [4.78, 5) is 4.53. The SMILES string of the molecule is Cc1cc(C)c2c(N[C@H](C)C3CCC(CN)CC3)n[nH]c2n1. The molecule has 0 radical (unpaired) electrons. The summed E-state index contributed by atoms with van der Waals surface area (Å²) in [6.45, 7) is 7.24. The molecule has 2 aromatic rings. The van der Waals surface area contributed by atoms with Crippen molar-refractivity contribution in [2.24, 2.45) is 17.6 Å². The predicted octanol–water partition coefficient (Wildman–Crippen LogP) is 3.14. The second-order valence-electron chi connectivity index (χ2n) is 6.83. The van der Waals surface area contributed by atoms with Crippen LogP contribution in [0.1, 0.15) is 43.9 Å². The highest BCUT2D eigenvalue weighted by Gasteiger charge is 2.25. The quantitative estimate of drug-likeness (QED) is 0.810. The number of aromatic nitrogens is 3. The topological polar surface area (TPSA) is 79.6 Å². The molecule has 1 atom stereocenters. The van der Waals surface area contributed by atoms with E-state index >= 15 is 0 Å². The smallest absolute Gasteiger partial charge is 0.157 e. The first-order valence-corrected chi connectivity index (χ1v) is 8.37. The molecule has 5 heteroatoms. The summed E-state index contributed by atoms with van der Waals surface area (Å²) in [5, 5.41) is 12.2. The third kappa shape index (κ3) is 2.95. The fraction of sp³-hybridized carbons (Fsp3) is 0.647. The number of nitrogens with two attached hydrogens (primary N) is 1. The van der Waals surface area contributed by atoms with Gasteiger partial charge in [-0.2, -0.15) is 5.10 Å². The van der Waals surface area contributed by atoms with Gasteiger partial charge in [0.1, 0.15) is 0 Å². The summed E-state index contributed by atoms with van der Waals surface area (Å²) in [7, 11) is 0. The Labute approximate surface area is 132 Å². The van der Waals surface area contributed by atoms with Crippen molar-refractivity contribution in [1.82, 2.24) is 15.2 Å². The van der Waals surface area contributed by atoms with Gasteiger partial charge in [-0.25, -0.2) is 4.98 Å². The number of nitrogens with zero attached hydrogens (tertiary/aromatic N) is 2. The molecule has 120 valence electrons. The lowest BCUT2D eigenvalue weighted by atomic mass is 9.79.